The summed E-state index contributed by atoms with van der Waals surface area (Å²) < 4.78 is 0. The predicted octanol–water partition coefficient (Wildman–Crippen LogP) is 8.74. The Morgan fingerprint density at radius 1 is 0.500 bits per heavy atom. The van der Waals surface area contributed by atoms with Gasteiger partial charge in [-0.2, -0.15) is 0 Å². The highest BCUT2D eigenvalue weighted by atomic mass is 15.3. The Hall–Kier alpha value is -3.46. The van der Waals surface area contributed by atoms with E-state index in [1.807, 2.05) is 0 Å². The van der Waals surface area contributed by atoms with Gasteiger partial charge in [0.1, 0.15) is 0 Å². The van der Waals surface area contributed by atoms with E-state index in [9.17, 15) is 0 Å². The van der Waals surface area contributed by atoms with Gasteiger partial charge in [-0.25, -0.2) is 0 Å². The van der Waals surface area contributed by atoms with Crippen molar-refractivity contribution in [2.75, 3.05) is 9.62 Å². The van der Waals surface area contributed by atoms with Gasteiger partial charge in [0.25, 0.3) is 0 Å². The van der Waals surface area contributed by atoms with Crippen molar-refractivity contribution in [2.24, 2.45) is 0 Å². The molecule has 0 radical (unpaired) electrons. The summed E-state index contributed by atoms with van der Waals surface area (Å²) in [5, 5.41) is 0. The third-order valence-corrected chi connectivity index (χ3v) is 7.39. The van der Waals surface area contributed by atoms with Crippen molar-refractivity contribution in [3.8, 4) is 0 Å². The Balaban J connectivity index is 1.87. The summed E-state index contributed by atoms with van der Waals surface area (Å²) in [6.07, 6.45) is 0. The van der Waals surface area contributed by atoms with Gasteiger partial charge in [0.2, 0.25) is 0 Å². The lowest BCUT2D eigenvalue weighted by atomic mass is 9.58. The van der Waals surface area contributed by atoms with Gasteiger partial charge in [0.05, 0.1) is 11.4 Å². The Morgan fingerprint density at radius 2 is 0.889 bits per heavy atom. The molecule has 1 aliphatic rings. The Kier molecular flexibility index (Phi) is 6.66. The summed E-state index contributed by atoms with van der Waals surface area (Å²) in [5.74, 6) is 1.32. The Labute approximate surface area is 217 Å². The predicted molar refractivity (Wildman–Crippen MR) is 158 cm³/mol. The Bertz CT molecular complexity index is 1230. The fourth-order valence-electron chi connectivity index (χ4n) is 5.56. The topological polar surface area (TPSA) is 6.48 Å². The summed E-state index contributed by atoms with van der Waals surface area (Å²) >= 11 is 0. The number of hydrogen-bond acceptors (Lipinski definition) is 2. The first kappa shape index (κ1) is 24.2. The van der Waals surface area contributed by atoms with E-state index in [-0.39, 0.29) is 6.98 Å². The number of rotatable bonds is 6. The molecule has 0 aromatic heterocycles. The van der Waals surface area contributed by atoms with Gasteiger partial charge < -0.3 is 9.62 Å². The van der Waals surface area contributed by atoms with Gasteiger partial charge in [0, 0.05) is 11.4 Å². The van der Waals surface area contributed by atoms with E-state index in [4.69, 9.17) is 0 Å². The molecule has 5 rings (SSSR count). The molecule has 3 heteroatoms. The van der Waals surface area contributed by atoms with Crippen LogP contribution in [-0.4, -0.2) is 6.98 Å². The van der Waals surface area contributed by atoms with Crippen molar-refractivity contribution in [1.29, 1.82) is 0 Å². The second-order valence-corrected chi connectivity index (χ2v) is 10.9. The highest BCUT2D eigenvalue weighted by Gasteiger charge is 2.46. The van der Waals surface area contributed by atoms with Crippen molar-refractivity contribution in [3.05, 3.63) is 114 Å². The lowest BCUT2D eigenvalue weighted by Gasteiger charge is -2.35. The average molecular weight is 472 g/mol. The summed E-state index contributed by atoms with van der Waals surface area (Å²) in [4.78, 5) is 5.09. The highest BCUT2D eigenvalue weighted by Crippen LogP contribution is 2.46. The Morgan fingerprint density at radius 3 is 1.25 bits per heavy atom. The number of hydrogen-bond donors (Lipinski definition) is 0. The van der Waals surface area contributed by atoms with Crippen LogP contribution in [0.15, 0.2) is 97.1 Å². The minimum atomic E-state index is 0.0169. The van der Waals surface area contributed by atoms with Crippen LogP contribution in [0, 0.1) is 0 Å². The lowest BCUT2D eigenvalue weighted by Crippen LogP contribution is -2.56. The molecular weight excluding hydrogens is 435 g/mol. The maximum absolute atomic E-state index is 2.55. The molecule has 0 saturated carbocycles. The molecule has 4 aromatic rings. The highest BCUT2D eigenvalue weighted by molar-refractivity contribution is 6.85. The number of fused-ring (bicyclic) bond motifs is 1. The zero-order valence-electron chi connectivity index (χ0n) is 22.4. The largest absolute Gasteiger partial charge is 0.421 e. The minimum absolute atomic E-state index is 0.0169. The molecule has 0 amide bonds. The van der Waals surface area contributed by atoms with Crippen LogP contribution in [0.5, 0.6) is 0 Å². The number of nitrogens with zero attached hydrogens (tertiary/aromatic N) is 2. The van der Waals surface area contributed by atoms with Crippen LogP contribution >= 0.6 is 0 Å². The first-order valence-electron chi connectivity index (χ1n) is 13.3. The van der Waals surface area contributed by atoms with Gasteiger partial charge >= 0.3 is 6.98 Å². The summed E-state index contributed by atoms with van der Waals surface area (Å²) in [7, 11) is 0. The van der Waals surface area contributed by atoms with Gasteiger partial charge in [-0.15, -0.1) is 0 Å². The van der Waals surface area contributed by atoms with E-state index in [1.54, 1.807) is 0 Å². The van der Waals surface area contributed by atoms with Crippen LogP contribution in [0.3, 0.4) is 0 Å². The third kappa shape index (κ3) is 4.21. The average Bonchev–Trinajstić information content (AvgIpc) is 3.23. The van der Waals surface area contributed by atoms with Crippen LogP contribution in [0.4, 0.5) is 22.7 Å². The smallest absolute Gasteiger partial charge is 0.360 e. The molecule has 2 nitrogen and oxygen atoms in total. The van der Waals surface area contributed by atoms with Gasteiger partial charge in [0.15, 0.2) is 0 Å². The maximum Gasteiger partial charge on any atom is 0.421 e. The normalized spacial score (nSPS) is 13.3. The molecule has 36 heavy (non-hydrogen) atoms. The second kappa shape index (κ2) is 9.89. The van der Waals surface area contributed by atoms with E-state index in [0.29, 0.717) is 17.8 Å². The monoisotopic (exact) mass is 472 g/mol. The molecule has 0 unspecified atom stereocenters. The zero-order valence-corrected chi connectivity index (χ0v) is 22.4. The molecule has 1 heterocycles. The van der Waals surface area contributed by atoms with Crippen molar-refractivity contribution >= 4 is 35.2 Å². The fraction of sp³-hybridized carbons (Fsp3) is 0.273. The van der Waals surface area contributed by atoms with E-state index in [0.717, 1.165) is 0 Å². The molecule has 0 atom stereocenters. The van der Waals surface area contributed by atoms with Crippen LogP contribution in [-0.2, 0) is 0 Å². The summed E-state index contributed by atoms with van der Waals surface area (Å²) in [5.41, 5.74) is 10.7. The molecule has 1 aliphatic heterocycles. The minimum Gasteiger partial charge on any atom is -0.360 e. The summed E-state index contributed by atoms with van der Waals surface area (Å²) in [6.45, 7) is 14.0. The molecule has 0 saturated heterocycles. The van der Waals surface area contributed by atoms with Crippen LogP contribution in [0.2, 0.25) is 0 Å². The quantitative estimate of drug-likeness (QED) is 0.259. The number of benzene rings is 4. The standard InChI is InChI=1S/C33H37BN2/c1-23(2)26-21-29(24(3)4)33(30(22-26)25(5)6)34-35(27-15-9-7-10-16-27)31-19-13-14-20-32(31)36(34)28-17-11-8-12-18-28/h7-25H,1-6H3. The van der Waals surface area contributed by atoms with Crippen molar-refractivity contribution < 1.29 is 0 Å². The van der Waals surface area contributed by atoms with Crippen LogP contribution < -0.4 is 15.1 Å². The molecule has 0 N–H and O–H groups in total. The molecule has 182 valence electrons. The van der Waals surface area contributed by atoms with E-state index < -0.39 is 0 Å². The molecule has 0 spiro atoms. The van der Waals surface area contributed by atoms with Crippen molar-refractivity contribution in [2.45, 2.75) is 59.3 Å². The third-order valence-electron chi connectivity index (χ3n) is 7.39. The number of para-hydroxylation sites is 4. The van der Waals surface area contributed by atoms with Gasteiger partial charge in [-0.05, 0) is 76.3 Å². The fourth-order valence-corrected chi connectivity index (χ4v) is 5.56. The second-order valence-electron chi connectivity index (χ2n) is 10.9. The number of anilines is 4. The SMILES string of the molecule is CC(C)c1cc(C(C)C)c(B2N(c3ccccc3)c3ccccc3N2c2ccccc2)c(C(C)C)c1. The molecule has 0 aliphatic carbocycles. The van der Waals surface area contributed by atoms with Crippen LogP contribution in [0.1, 0.15) is 76.0 Å². The van der Waals surface area contributed by atoms with Gasteiger partial charge in [-0.3, -0.25) is 0 Å². The molecule has 4 aromatic carbocycles. The molecule has 0 bridgehead atoms. The van der Waals surface area contributed by atoms with E-state index >= 15 is 0 Å². The van der Waals surface area contributed by atoms with E-state index in [1.165, 1.54) is 44.9 Å². The van der Waals surface area contributed by atoms with Crippen molar-refractivity contribution in [1.82, 2.24) is 0 Å². The van der Waals surface area contributed by atoms with Crippen molar-refractivity contribution in [3.63, 3.8) is 0 Å². The molecule has 0 fully saturated rings. The van der Waals surface area contributed by atoms with Gasteiger partial charge in [-0.1, -0.05) is 102 Å². The first-order chi connectivity index (χ1) is 17.4. The zero-order chi connectivity index (χ0) is 25.4. The van der Waals surface area contributed by atoms with E-state index in [2.05, 4.69) is 148 Å². The first-order valence-corrected chi connectivity index (χ1v) is 13.3. The van der Waals surface area contributed by atoms with Crippen LogP contribution in [0.25, 0.3) is 0 Å². The lowest BCUT2D eigenvalue weighted by molar-refractivity contribution is 0.812. The molecular formula is C33H37BN2. The maximum atomic E-state index is 2.55. The summed E-state index contributed by atoms with van der Waals surface area (Å²) in [6, 6.07) is 35.6.